The van der Waals surface area contributed by atoms with Crippen LogP contribution in [0.25, 0.3) is 10.9 Å². The van der Waals surface area contributed by atoms with Crippen molar-refractivity contribution in [1.82, 2.24) is 20.4 Å². The van der Waals surface area contributed by atoms with E-state index in [2.05, 4.69) is 15.8 Å². The molecule has 2 amide bonds. The lowest BCUT2D eigenvalue weighted by Gasteiger charge is -2.09. The number of fused-ring (bicyclic) bond motifs is 1. The highest BCUT2D eigenvalue weighted by Crippen LogP contribution is 2.21. The number of carbonyl (C=O) groups excluding carboxylic acids is 2. The summed E-state index contributed by atoms with van der Waals surface area (Å²) in [5, 5.41) is 10.2. The molecule has 0 aliphatic rings. The predicted octanol–water partition coefficient (Wildman–Crippen LogP) is 1.14. The molecule has 9 nitrogen and oxygen atoms in total. The molecule has 2 aromatic carbocycles. The van der Waals surface area contributed by atoms with Gasteiger partial charge in [0.25, 0.3) is 17.4 Å². The van der Waals surface area contributed by atoms with Crippen LogP contribution in [0.4, 0.5) is 0 Å². The monoisotopic (exact) mass is 402 g/mol. The third-order valence-corrected chi connectivity index (χ3v) is 4.29. The number of nitrogens with zero attached hydrogens (tertiary/aromatic N) is 1. The van der Waals surface area contributed by atoms with E-state index in [1.807, 2.05) is 0 Å². The number of phenolic OH excluding ortho intramolecular Hbond substituents is 1. The van der Waals surface area contributed by atoms with Gasteiger partial charge in [0.15, 0.2) is 0 Å². The number of amides is 2. The Morgan fingerprint density at radius 2 is 1.82 bits per heavy atom. The Balaban J connectivity index is 1.82. The molecule has 0 fully saturated rings. The lowest BCUT2D eigenvalue weighted by molar-refractivity contribution is 0.0845. The first-order valence-electron chi connectivity index (χ1n) is 8.18. The summed E-state index contributed by atoms with van der Waals surface area (Å²) >= 11 is 5.79. The summed E-state index contributed by atoms with van der Waals surface area (Å²) in [6.45, 7) is 1.89. The lowest BCUT2D eigenvalue weighted by Crippen LogP contribution is -2.41. The number of aromatic hydroxyl groups is 1. The molecule has 3 aromatic rings. The molecule has 144 valence electrons. The average Bonchev–Trinajstić information content (AvgIpc) is 2.67. The summed E-state index contributed by atoms with van der Waals surface area (Å²) < 4.78 is 1.04. The molecule has 0 atom stereocenters. The maximum absolute atomic E-state index is 12.3. The second-order valence-electron chi connectivity index (χ2n) is 5.81. The number of aromatic nitrogens is 2. The van der Waals surface area contributed by atoms with Crippen LogP contribution in [0, 0.1) is 0 Å². The molecule has 1 heterocycles. The number of benzene rings is 2. The van der Waals surface area contributed by atoms with Gasteiger partial charge in [0.1, 0.15) is 5.75 Å². The van der Waals surface area contributed by atoms with Crippen LogP contribution < -0.4 is 22.1 Å². The van der Waals surface area contributed by atoms with Gasteiger partial charge in [0.2, 0.25) is 0 Å². The van der Waals surface area contributed by atoms with E-state index in [9.17, 15) is 24.3 Å². The highest BCUT2D eigenvalue weighted by atomic mass is 35.5. The molecule has 1 aromatic heterocycles. The summed E-state index contributed by atoms with van der Waals surface area (Å²) in [5.74, 6) is -1.75. The van der Waals surface area contributed by atoms with E-state index in [0.29, 0.717) is 0 Å². The van der Waals surface area contributed by atoms with Gasteiger partial charge in [-0.25, -0.2) is 4.79 Å². The summed E-state index contributed by atoms with van der Waals surface area (Å²) in [6.07, 6.45) is 0. The van der Waals surface area contributed by atoms with Crippen molar-refractivity contribution in [3.8, 4) is 5.75 Å². The minimum atomic E-state index is -0.770. The van der Waals surface area contributed by atoms with E-state index in [-0.39, 0.29) is 39.3 Å². The number of rotatable bonds is 3. The van der Waals surface area contributed by atoms with E-state index < -0.39 is 23.1 Å². The number of aromatic amines is 1. The van der Waals surface area contributed by atoms with Crippen molar-refractivity contribution in [1.29, 1.82) is 0 Å². The molecule has 3 rings (SSSR count). The van der Waals surface area contributed by atoms with E-state index in [4.69, 9.17) is 11.6 Å². The van der Waals surface area contributed by atoms with Crippen LogP contribution >= 0.6 is 11.6 Å². The number of H-pyrrole nitrogens is 1. The van der Waals surface area contributed by atoms with Gasteiger partial charge in [-0.15, -0.1) is 0 Å². The van der Waals surface area contributed by atoms with E-state index >= 15 is 0 Å². The van der Waals surface area contributed by atoms with Crippen molar-refractivity contribution in [3.05, 3.63) is 73.4 Å². The molecular weight excluding hydrogens is 388 g/mol. The standard InChI is InChI=1S/C18H15ClN4O5/c1-2-23-17(27)11-5-3-9(7-13(11)20-18(23)28)15(25)21-22-16(26)12-8-10(19)4-6-14(12)24/h3-8,24H,2H2,1H3,(H,20,28)(H,21,25)(H,22,26). The van der Waals surface area contributed by atoms with Crippen molar-refractivity contribution >= 4 is 34.3 Å². The minimum Gasteiger partial charge on any atom is -0.507 e. The Labute approximate surface area is 162 Å². The van der Waals surface area contributed by atoms with Crippen molar-refractivity contribution in [3.63, 3.8) is 0 Å². The third kappa shape index (κ3) is 3.60. The van der Waals surface area contributed by atoms with E-state index in [1.54, 1.807) is 6.92 Å². The number of carbonyl (C=O) groups is 2. The lowest BCUT2D eigenvalue weighted by atomic mass is 10.1. The first-order valence-corrected chi connectivity index (χ1v) is 8.55. The van der Waals surface area contributed by atoms with Crippen LogP contribution in [-0.4, -0.2) is 26.5 Å². The van der Waals surface area contributed by atoms with E-state index in [1.165, 1.54) is 36.4 Å². The molecule has 0 aliphatic heterocycles. The molecule has 0 radical (unpaired) electrons. The topological polar surface area (TPSA) is 133 Å². The average molecular weight is 403 g/mol. The van der Waals surface area contributed by atoms with Gasteiger partial charge in [-0.3, -0.25) is 29.8 Å². The van der Waals surface area contributed by atoms with Crippen LogP contribution in [0.1, 0.15) is 27.6 Å². The third-order valence-electron chi connectivity index (χ3n) is 4.05. The second-order valence-corrected chi connectivity index (χ2v) is 6.25. The first-order chi connectivity index (χ1) is 13.3. The molecule has 0 saturated carbocycles. The number of hydrazine groups is 1. The summed E-state index contributed by atoms with van der Waals surface area (Å²) in [6, 6.07) is 8.05. The van der Waals surface area contributed by atoms with Crippen molar-refractivity contribution in [2.45, 2.75) is 13.5 Å². The molecule has 0 spiro atoms. The first kappa shape index (κ1) is 19.2. The largest absolute Gasteiger partial charge is 0.507 e. The van der Waals surface area contributed by atoms with Gasteiger partial charge in [-0.05, 0) is 43.3 Å². The smallest absolute Gasteiger partial charge is 0.328 e. The van der Waals surface area contributed by atoms with Gasteiger partial charge in [-0.2, -0.15) is 0 Å². The fourth-order valence-electron chi connectivity index (χ4n) is 2.63. The minimum absolute atomic E-state index is 0.104. The Morgan fingerprint density at radius 3 is 2.54 bits per heavy atom. The van der Waals surface area contributed by atoms with Gasteiger partial charge < -0.3 is 10.1 Å². The quantitative estimate of drug-likeness (QED) is 0.487. The van der Waals surface area contributed by atoms with Gasteiger partial charge in [-0.1, -0.05) is 11.6 Å². The number of hydrogen-bond donors (Lipinski definition) is 4. The van der Waals surface area contributed by atoms with Crippen molar-refractivity contribution in [2.24, 2.45) is 0 Å². The molecule has 0 aliphatic carbocycles. The molecule has 0 unspecified atom stereocenters. The van der Waals surface area contributed by atoms with Gasteiger partial charge in [0, 0.05) is 17.1 Å². The van der Waals surface area contributed by atoms with Crippen LogP contribution in [0.3, 0.4) is 0 Å². The molecule has 28 heavy (non-hydrogen) atoms. The Bertz CT molecular complexity index is 1210. The van der Waals surface area contributed by atoms with Gasteiger partial charge >= 0.3 is 5.69 Å². The molecule has 4 N–H and O–H groups in total. The van der Waals surface area contributed by atoms with Crippen molar-refractivity contribution < 1.29 is 14.7 Å². The highest BCUT2D eigenvalue weighted by Gasteiger charge is 2.14. The maximum Gasteiger partial charge on any atom is 0.328 e. The Kier molecular flexibility index (Phi) is 5.18. The van der Waals surface area contributed by atoms with Crippen LogP contribution in [0.15, 0.2) is 46.0 Å². The van der Waals surface area contributed by atoms with Gasteiger partial charge in [0.05, 0.1) is 16.5 Å². The normalized spacial score (nSPS) is 10.6. The highest BCUT2D eigenvalue weighted by molar-refractivity contribution is 6.31. The second kappa shape index (κ2) is 7.57. The number of nitrogens with one attached hydrogen (secondary N) is 3. The zero-order chi connectivity index (χ0) is 20.4. The molecule has 0 saturated heterocycles. The summed E-state index contributed by atoms with van der Waals surface area (Å²) in [4.78, 5) is 51.1. The number of hydrogen-bond acceptors (Lipinski definition) is 5. The number of phenols is 1. The van der Waals surface area contributed by atoms with Crippen LogP contribution in [0.5, 0.6) is 5.75 Å². The van der Waals surface area contributed by atoms with Crippen LogP contribution in [-0.2, 0) is 6.54 Å². The fraction of sp³-hybridized carbons (Fsp3) is 0.111. The number of halogens is 1. The molecule has 10 heteroatoms. The van der Waals surface area contributed by atoms with Crippen LogP contribution in [0.2, 0.25) is 5.02 Å². The SMILES string of the molecule is CCn1c(=O)[nH]c2cc(C(=O)NNC(=O)c3cc(Cl)ccc3O)ccc2c1=O. The Morgan fingerprint density at radius 1 is 1.11 bits per heavy atom. The molecular formula is C18H15ClN4O5. The summed E-state index contributed by atoms with van der Waals surface area (Å²) in [7, 11) is 0. The fourth-order valence-corrected chi connectivity index (χ4v) is 2.80. The zero-order valence-corrected chi connectivity index (χ0v) is 15.3. The van der Waals surface area contributed by atoms with Crippen molar-refractivity contribution in [2.75, 3.05) is 0 Å². The Hall–Kier alpha value is -3.59. The maximum atomic E-state index is 12.3. The zero-order valence-electron chi connectivity index (χ0n) is 14.6. The van der Waals surface area contributed by atoms with E-state index in [0.717, 1.165) is 4.57 Å². The summed E-state index contributed by atoms with van der Waals surface area (Å²) in [5.41, 5.74) is 3.50. The molecule has 0 bridgehead atoms. The predicted molar refractivity (Wildman–Crippen MR) is 103 cm³/mol.